The maximum absolute atomic E-state index is 6.16. The molecule has 0 N–H and O–H groups in total. The van der Waals surface area contributed by atoms with Gasteiger partial charge in [0.1, 0.15) is 5.75 Å². The molecule has 1 saturated carbocycles. The van der Waals surface area contributed by atoms with Gasteiger partial charge in [0.05, 0.1) is 11.6 Å². The molecule has 2 nitrogen and oxygen atoms in total. The highest BCUT2D eigenvalue weighted by molar-refractivity contribution is 9.10. The number of hydrogen-bond donors (Lipinski definition) is 0. The lowest BCUT2D eigenvalue weighted by molar-refractivity contribution is 0.157. The minimum atomic E-state index is 0.378. The summed E-state index contributed by atoms with van der Waals surface area (Å²) in [7, 11) is 0. The van der Waals surface area contributed by atoms with E-state index in [9.17, 15) is 0 Å². The van der Waals surface area contributed by atoms with Crippen molar-refractivity contribution in [3.63, 3.8) is 0 Å². The van der Waals surface area contributed by atoms with Gasteiger partial charge in [0.2, 0.25) is 0 Å². The minimum Gasteiger partial charge on any atom is -0.490 e. The van der Waals surface area contributed by atoms with Crippen LogP contribution in [0.1, 0.15) is 32.1 Å². The molecule has 1 aromatic carbocycles. The third-order valence-electron chi connectivity index (χ3n) is 3.51. The first-order valence-corrected chi connectivity index (χ1v) is 7.33. The van der Waals surface area contributed by atoms with Gasteiger partial charge in [-0.15, -0.1) is 0 Å². The van der Waals surface area contributed by atoms with E-state index in [0.29, 0.717) is 6.10 Å². The van der Waals surface area contributed by atoms with E-state index in [2.05, 4.69) is 27.0 Å². The summed E-state index contributed by atoms with van der Waals surface area (Å²) in [6.45, 7) is 0. The summed E-state index contributed by atoms with van der Waals surface area (Å²) < 4.78 is 7.23. The van der Waals surface area contributed by atoms with Gasteiger partial charge in [-0.25, -0.2) is 0 Å². The molecular formula is C15H16BrNO. The molecule has 0 spiro atoms. The first-order chi connectivity index (χ1) is 8.83. The molecule has 3 heteroatoms. The molecule has 1 fully saturated rings. The smallest absolute Gasteiger partial charge is 0.130 e. The zero-order valence-electron chi connectivity index (χ0n) is 10.2. The number of rotatable bonds is 2. The van der Waals surface area contributed by atoms with Gasteiger partial charge in [-0.1, -0.05) is 22.4 Å². The van der Waals surface area contributed by atoms with Gasteiger partial charge >= 0.3 is 0 Å². The van der Waals surface area contributed by atoms with Crippen LogP contribution in [0.25, 0.3) is 10.9 Å². The third-order valence-corrected chi connectivity index (χ3v) is 4.00. The highest BCUT2D eigenvalue weighted by Gasteiger charge is 2.16. The molecule has 0 bridgehead atoms. The number of benzene rings is 1. The molecule has 0 aliphatic heterocycles. The minimum absolute atomic E-state index is 0.378. The molecule has 0 radical (unpaired) electrons. The quantitative estimate of drug-likeness (QED) is 0.801. The Morgan fingerprint density at radius 3 is 2.78 bits per heavy atom. The van der Waals surface area contributed by atoms with Crippen LogP contribution < -0.4 is 4.74 Å². The zero-order valence-corrected chi connectivity index (χ0v) is 11.8. The molecule has 2 aromatic rings. The first-order valence-electron chi connectivity index (χ1n) is 6.54. The normalized spacial score (nSPS) is 16.9. The second-order valence-corrected chi connectivity index (χ2v) is 5.76. The molecule has 0 atom stereocenters. The fourth-order valence-electron chi connectivity index (χ4n) is 2.56. The summed E-state index contributed by atoms with van der Waals surface area (Å²) in [5.74, 6) is 0.966. The van der Waals surface area contributed by atoms with E-state index < -0.39 is 0 Å². The summed E-state index contributed by atoms with van der Waals surface area (Å²) >= 11 is 3.51. The van der Waals surface area contributed by atoms with Gasteiger partial charge in [0.25, 0.3) is 0 Å². The predicted octanol–water partition coefficient (Wildman–Crippen LogP) is 4.71. The van der Waals surface area contributed by atoms with Crippen molar-refractivity contribution in [3.05, 3.63) is 34.9 Å². The van der Waals surface area contributed by atoms with Crippen LogP contribution in [-0.2, 0) is 0 Å². The van der Waals surface area contributed by atoms with E-state index in [-0.39, 0.29) is 0 Å². The average Bonchev–Trinajstić information content (AvgIpc) is 2.41. The van der Waals surface area contributed by atoms with E-state index >= 15 is 0 Å². The van der Waals surface area contributed by atoms with E-state index in [0.717, 1.165) is 21.1 Å². The van der Waals surface area contributed by atoms with Crippen molar-refractivity contribution in [1.29, 1.82) is 0 Å². The maximum atomic E-state index is 6.16. The summed E-state index contributed by atoms with van der Waals surface area (Å²) in [5, 5.41) is 1.09. The second-order valence-electron chi connectivity index (χ2n) is 4.85. The predicted molar refractivity (Wildman–Crippen MR) is 76.9 cm³/mol. The van der Waals surface area contributed by atoms with Crippen LogP contribution in [0.4, 0.5) is 0 Å². The van der Waals surface area contributed by atoms with Crippen LogP contribution in [0, 0.1) is 0 Å². The molecule has 1 aromatic heterocycles. The first kappa shape index (κ1) is 12.0. The van der Waals surface area contributed by atoms with Crippen molar-refractivity contribution in [3.8, 4) is 5.75 Å². The fraction of sp³-hybridized carbons (Fsp3) is 0.400. The SMILES string of the molecule is Brc1ccc2nccc(OC3CCCCC3)c2c1. The molecular weight excluding hydrogens is 290 g/mol. The Kier molecular flexibility index (Phi) is 3.50. The Morgan fingerprint density at radius 2 is 1.94 bits per heavy atom. The van der Waals surface area contributed by atoms with E-state index in [1.165, 1.54) is 32.1 Å². The van der Waals surface area contributed by atoms with E-state index in [1.54, 1.807) is 0 Å². The second kappa shape index (κ2) is 5.27. The van der Waals surface area contributed by atoms with Crippen molar-refractivity contribution in [2.45, 2.75) is 38.2 Å². The van der Waals surface area contributed by atoms with Gasteiger partial charge in [-0.3, -0.25) is 4.98 Å². The largest absolute Gasteiger partial charge is 0.490 e. The lowest BCUT2D eigenvalue weighted by Crippen LogP contribution is -2.19. The van der Waals surface area contributed by atoms with E-state index in [4.69, 9.17) is 4.74 Å². The molecule has 94 valence electrons. The molecule has 3 rings (SSSR count). The summed E-state index contributed by atoms with van der Waals surface area (Å²) in [4.78, 5) is 4.38. The van der Waals surface area contributed by atoms with Crippen LogP contribution >= 0.6 is 15.9 Å². The Morgan fingerprint density at radius 1 is 1.11 bits per heavy atom. The van der Waals surface area contributed by atoms with Gasteiger partial charge in [-0.05, 0) is 49.9 Å². The number of halogens is 1. The Balaban J connectivity index is 1.92. The van der Waals surface area contributed by atoms with Crippen molar-refractivity contribution in [2.75, 3.05) is 0 Å². The Hall–Kier alpha value is -1.09. The van der Waals surface area contributed by atoms with Gasteiger partial charge in [-0.2, -0.15) is 0 Å². The van der Waals surface area contributed by atoms with Crippen LogP contribution in [0.3, 0.4) is 0 Å². The molecule has 0 amide bonds. The maximum Gasteiger partial charge on any atom is 0.130 e. The van der Waals surface area contributed by atoms with Crippen molar-refractivity contribution >= 4 is 26.8 Å². The summed E-state index contributed by atoms with van der Waals surface area (Å²) in [5.41, 5.74) is 0.992. The number of aromatic nitrogens is 1. The Labute approximate surface area is 115 Å². The van der Waals surface area contributed by atoms with Gasteiger partial charge in [0, 0.05) is 16.1 Å². The van der Waals surface area contributed by atoms with Crippen molar-refractivity contribution < 1.29 is 4.74 Å². The van der Waals surface area contributed by atoms with E-state index in [1.807, 2.05) is 24.4 Å². The van der Waals surface area contributed by atoms with Crippen molar-refractivity contribution in [1.82, 2.24) is 4.98 Å². The number of ether oxygens (including phenoxy) is 1. The number of nitrogens with zero attached hydrogens (tertiary/aromatic N) is 1. The van der Waals surface area contributed by atoms with Crippen LogP contribution in [0.2, 0.25) is 0 Å². The summed E-state index contributed by atoms with van der Waals surface area (Å²) in [6, 6.07) is 8.09. The number of fused-ring (bicyclic) bond motifs is 1. The highest BCUT2D eigenvalue weighted by atomic mass is 79.9. The molecule has 1 aliphatic carbocycles. The molecule has 1 aliphatic rings. The average molecular weight is 306 g/mol. The zero-order chi connectivity index (χ0) is 12.4. The summed E-state index contributed by atoms with van der Waals surface area (Å²) in [6.07, 6.45) is 8.49. The van der Waals surface area contributed by atoms with Gasteiger partial charge < -0.3 is 4.74 Å². The number of hydrogen-bond acceptors (Lipinski definition) is 2. The standard InChI is InChI=1S/C15H16BrNO/c16-11-6-7-14-13(10-11)15(8-9-17-14)18-12-4-2-1-3-5-12/h6-10,12H,1-5H2. The van der Waals surface area contributed by atoms with Crippen LogP contribution in [-0.4, -0.2) is 11.1 Å². The topological polar surface area (TPSA) is 22.1 Å². The third kappa shape index (κ3) is 2.51. The lowest BCUT2D eigenvalue weighted by atomic mass is 9.98. The highest BCUT2D eigenvalue weighted by Crippen LogP contribution is 2.30. The fourth-order valence-corrected chi connectivity index (χ4v) is 2.92. The van der Waals surface area contributed by atoms with Gasteiger partial charge in [0.15, 0.2) is 0 Å². The lowest BCUT2D eigenvalue weighted by Gasteiger charge is -2.23. The molecule has 1 heterocycles. The monoisotopic (exact) mass is 305 g/mol. The Bertz CT molecular complexity index is 549. The molecule has 0 unspecified atom stereocenters. The van der Waals surface area contributed by atoms with Crippen LogP contribution in [0.15, 0.2) is 34.9 Å². The molecule has 18 heavy (non-hydrogen) atoms. The van der Waals surface area contributed by atoms with Crippen molar-refractivity contribution in [2.24, 2.45) is 0 Å². The number of pyridine rings is 1. The van der Waals surface area contributed by atoms with Crippen LogP contribution in [0.5, 0.6) is 5.75 Å². The molecule has 0 saturated heterocycles.